The van der Waals surface area contributed by atoms with E-state index in [0.717, 1.165) is 17.5 Å². The van der Waals surface area contributed by atoms with E-state index in [4.69, 9.17) is 0 Å². The van der Waals surface area contributed by atoms with Gasteiger partial charge in [-0.2, -0.15) is 0 Å². The second-order valence-corrected chi connectivity index (χ2v) is 5.37. The van der Waals surface area contributed by atoms with Gasteiger partial charge in [-0.25, -0.2) is 4.79 Å². The van der Waals surface area contributed by atoms with Crippen LogP contribution < -0.4 is 0 Å². The third kappa shape index (κ3) is 2.78. The van der Waals surface area contributed by atoms with Gasteiger partial charge in [0, 0.05) is 13.0 Å². The van der Waals surface area contributed by atoms with E-state index in [9.17, 15) is 14.7 Å². The zero-order valence-corrected chi connectivity index (χ0v) is 11.3. The molecule has 0 aliphatic carbocycles. The Morgan fingerprint density at radius 2 is 2.05 bits per heavy atom. The van der Waals surface area contributed by atoms with Gasteiger partial charge in [-0.05, 0) is 23.5 Å². The first-order chi connectivity index (χ1) is 9.00. The molecule has 0 spiro atoms. The lowest BCUT2D eigenvalue weighted by atomic mass is 9.92. The van der Waals surface area contributed by atoms with E-state index in [1.807, 2.05) is 38.1 Å². The molecule has 102 valence electrons. The lowest BCUT2D eigenvalue weighted by Crippen LogP contribution is -2.43. The minimum atomic E-state index is -0.954. The van der Waals surface area contributed by atoms with Gasteiger partial charge in [0.15, 0.2) is 6.04 Å². The summed E-state index contributed by atoms with van der Waals surface area (Å²) in [4.78, 5) is 25.2. The molecule has 0 radical (unpaired) electrons. The molecular formula is C15H19NO3. The summed E-state index contributed by atoms with van der Waals surface area (Å²) in [6.45, 7) is 4.41. The van der Waals surface area contributed by atoms with E-state index < -0.39 is 12.0 Å². The highest BCUT2D eigenvalue weighted by Gasteiger charge is 2.35. The number of carbonyl (C=O) groups excluding carboxylic acids is 1. The van der Waals surface area contributed by atoms with Gasteiger partial charge in [-0.3, -0.25) is 4.79 Å². The van der Waals surface area contributed by atoms with Crippen LogP contribution in [0.15, 0.2) is 24.3 Å². The number of rotatable bonds is 3. The molecule has 0 fully saturated rings. The topological polar surface area (TPSA) is 57.6 Å². The molecule has 0 saturated heterocycles. The number of carboxylic acids is 1. The summed E-state index contributed by atoms with van der Waals surface area (Å²) in [6.07, 6.45) is 1.12. The third-order valence-corrected chi connectivity index (χ3v) is 3.42. The van der Waals surface area contributed by atoms with Crippen molar-refractivity contribution in [2.45, 2.75) is 32.7 Å². The lowest BCUT2D eigenvalue weighted by Gasteiger charge is -2.35. The first-order valence-electron chi connectivity index (χ1n) is 6.60. The maximum absolute atomic E-state index is 12.2. The van der Waals surface area contributed by atoms with Crippen LogP contribution in [-0.2, 0) is 16.0 Å². The minimum absolute atomic E-state index is 0.0723. The van der Waals surface area contributed by atoms with Crippen LogP contribution in [0.3, 0.4) is 0 Å². The third-order valence-electron chi connectivity index (χ3n) is 3.42. The van der Waals surface area contributed by atoms with Crippen LogP contribution in [0.2, 0.25) is 0 Å². The highest BCUT2D eigenvalue weighted by molar-refractivity contribution is 5.85. The molecule has 1 aliphatic rings. The van der Waals surface area contributed by atoms with Gasteiger partial charge in [-0.15, -0.1) is 0 Å². The van der Waals surface area contributed by atoms with E-state index in [1.54, 1.807) is 0 Å². The summed E-state index contributed by atoms with van der Waals surface area (Å²) < 4.78 is 0. The molecule has 1 atom stereocenters. The summed E-state index contributed by atoms with van der Waals surface area (Å²) in [5.74, 6) is -0.791. The van der Waals surface area contributed by atoms with Gasteiger partial charge in [0.05, 0.1) is 0 Å². The molecule has 1 amide bonds. The monoisotopic (exact) mass is 261 g/mol. The van der Waals surface area contributed by atoms with E-state index in [-0.39, 0.29) is 11.8 Å². The first kappa shape index (κ1) is 13.6. The Morgan fingerprint density at radius 1 is 1.37 bits per heavy atom. The van der Waals surface area contributed by atoms with Crippen LogP contribution in [0, 0.1) is 5.92 Å². The summed E-state index contributed by atoms with van der Waals surface area (Å²) >= 11 is 0. The highest BCUT2D eigenvalue weighted by atomic mass is 16.4. The number of benzene rings is 1. The summed E-state index contributed by atoms with van der Waals surface area (Å²) in [7, 11) is 0. The largest absolute Gasteiger partial charge is 0.479 e. The second kappa shape index (κ2) is 5.43. The van der Waals surface area contributed by atoms with Gasteiger partial charge in [0.25, 0.3) is 0 Å². The molecular weight excluding hydrogens is 242 g/mol. The number of carbonyl (C=O) groups is 2. The number of nitrogens with zero attached hydrogens (tertiary/aromatic N) is 1. The zero-order chi connectivity index (χ0) is 14.0. The fourth-order valence-corrected chi connectivity index (χ4v) is 2.57. The second-order valence-electron chi connectivity index (χ2n) is 5.37. The Labute approximate surface area is 113 Å². The van der Waals surface area contributed by atoms with Crippen LogP contribution in [0.5, 0.6) is 0 Å². The van der Waals surface area contributed by atoms with Crippen molar-refractivity contribution in [3.05, 3.63) is 35.4 Å². The molecule has 4 heteroatoms. The predicted octanol–water partition coefficient (Wildman–Crippen LogP) is 2.24. The van der Waals surface area contributed by atoms with E-state index in [1.165, 1.54) is 4.90 Å². The SMILES string of the molecule is CC(C)CC(=O)N1CCc2ccccc2C1C(=O)O. The molecule has 0 bridgehead atoms. The van der Waals surface area contributed by atoms with Crippen LogP contribution in [0.1, 0.15) is 37.4 Å². The summed E-state index contributed by atoms with van der Waals surface area (Å²) in [5.41, 5.74) is 1.78. The van der Waals surface area contributed by atoms with Gasteiger partial charge in [-0.1, -0.05) is 38.1 Å². The molecule has 1 heterocycles. The van der Waals surface area contributed by atoms with E-state index in [0.29, 0.717) is 13.0 Å². The van der Waals surface area contributed by atoms with Crippen molar-refractivity contribution < 1.29 is 14.7 Å². The maximum atomic E-state index is 12.2. The summed E-state index contributed by atoms with van der Waals surface area (Å²) in [5, 5.41) is 9.44. The molecule has 0 saturated carbocycles. The van der Waals surface area contributed by atoms with Gasteiger partial charge in [0.1, 0.15) is 0 Å². The lowest BCUT2D eigenvalue weighted by molar-refractivity contribution is -0.151. The summed E-state index contributed by atoms with van der Waals surface area (Å²) in [6, 6.07) is 6.64. The predicted molar refractivity (Wildman–Crippen MR) is 71.7 cm³/mol. The molecule has 2 rings (SSSR count). The van der Waals surface area contributed by atoms with Crippen LogP contribution in [-0.4, -0.2) is 28.4 Å². The van der Waals surface area contributed by atoms with E-state index >= 15 is 0 Å². The maximum Gasteiger partial charge on any atom is 0.331 e. The highest BCUT2D eigenvalue weighted by Crippen LogP contribution is 2.30. The number of hydrogen-bond acceptors (Lipinski definition) is 2. The van der Waals surface area contributed by atoms with Crippen LogP contribution in [0.25, 0.3) is 0 Å². The average Bonchev–Trinajstić information content (AvgIpc) is 2.36. The quantitative estimate of drug-likeness (QED) is 0.907. The van der Waals surface area contributed by atoms with Crippen molar-refractivity contribution in [1.82, 2.24) is 4.90 Å². The average molecular weight is 261 g/mol. The molecule has 1 N–H and O–H groups in total. The number of amides is 1. The number of aliphatic carboxylic acids is 1. The van der Waals surface area contributed by atoms with Crippen molar-refractivity contribution in [2.75, 3.05) is 6.54 Å². The van der Waals surface area contributed by atoms with E-state index in [2.05, 4.69) is 0 Å². The van der Waals surface area contributed by atoms with Crippen molar-refractivity contribution >= 4 is 11.9 Å². The number of fused-ring (bicyclic) bond motifs is 1. The molecule has 1 aliphatic heterocycles. The smallest absolute Gasteiger partial charge is 0.331 e. The van der Waals surface area contributed by atoms with Crippen molar-refractivity contribution in [3.8, 4) is 0 Å². The Kier molecular flexibility index (Phi) is 3.88. The standard InChI is InChI=1S/C15H19NO3/c1-10(2)9-13(17)16-8-7-11-5-3-4-6-12(11)14(16)15(18)19/h3-6,10,14H,7-9H2,1-2H3,(H,18,19). The Balaban J connectivity index is 2.32. The van der Waals surface area contributed by atoms with Gasteiger partial charge < -0.3 is 10.0 Å². The van der Waals surface area contributed by atoms with Crippen LogP contribution >= 0.6 is 0 Å². The number of hydrogen-bond donors (Lipinski definition) is 1. The number of carboxylic acid groups (broad SMARTS) is 1. The molecule has 0 aromatic heterocycles. The molecule has 1 aromatic carbocycles. The van der Waals surface area contributed by atoms with Crippen molar-refractivity contribution in [2.24, 2.45) is 5.92 Å². The van der Waals surface area contributed by atoms with Crippen molar-refractivity contribution in [1.29, 1.82) is 0 Å². The zero-order valence-electron chi connectivity index (χ0n) is 11.3. The Morgan fingerprint density at radius 3 is 2.68 bits per heavy atom. The van der Waals surface area contributed by atoms with Gasteiger partial charge >= 0.3 is 5.97 Å². The fourth-order valence-electron chi connectivity index (χ4n) is 2.57. The van der Waals surface area contributed by atoms with Crippen LogP contribution in [0.4, 0.5) is 0 Å². The van der Waals surface area contributed by atoms with Gasteiger partial charge in [0.2, 0.25) is 5.91 Å². The molecule has 19 heavy (non-hydrogen) atoms. The van der Waals surface area contributed by atoms with Crippen molar-refractivity contribution in [3.63, 3.8) is 0 Å². The molecule has 4 nitrogen and oxygen atoms in total. The molecule has 1 aromatic rings. The minimum Gasteiger partial charge on any atom is -0.479 e. The molecule has 1 unspecified atom stereocenters. The Bertz CT molecular complexity index is 496. The normalized spacial score (nSPS) is 18.3. The Hall–Kier alpha value is -1.84. The fraction of sp³-hybridized carbons (Fsp3) is 0.467. The first-order valence-corrected chi connectivity index (χ1v) is 6.60.